The second-order valence-corrected chi connectivity index (χ2v) is 8.82. The highest BCUT2D eigenvalue weighted by molar-refractivity contribution is 7.93. The van der Waals surface area contributed by atoms with E-state index in [1.807, 2.05) is 0 Å². The van der Waals surface area contributed by atoms with Crippen LogP contribution >= 0.6 is 11.6 Å². The van der Waals surface area contributed by atoms with Crippen molar-refractivity contribution in [3.05, 3.63) is 29.3 Å². The third-order valence-electron chi connectivity index (χ3n) is 3.84. The van der Waals surface area contributed by atoms with Gasteiger partial charge in [0.25, 0.3) is 0 Å². The number of amides is 1. The molecule has 0 saturated heterocycles. The SMILES string of the molecule is C[C@H](CO)[C@@H](C)NC(=O)C(C)(C)S(=O)(=O)c1ccc(Cl)cc1. The van der Waals surface area contributed by atoms with Crippen molar-refractivity contribution >= 4 is 27.3 Å². The molecule has 0 radical (unpaired) electrons. The first-order valence-electron chi connectivity index (χ1n) is 6.96. The lowest BCUT2D eigenvalue weighted by Gasteiger charge is -2.27. The molecule has 0 spiro atoms. The highest BCUT2D eigenvalue weighted by Crippen LogP contribution is 2.27. The molecular weight excluding hydrogens is 326 g/mol. The van der Waals surface area contributed by atoms with Crippen LogP contribution < -0.4 is 5.32 Å². The minimum atomic E-state index is -3.87. The van der Waals surface area contributed by atoms with Crippen molar-refractivity contribution in [2.45, 2.75) is 43.4 Å². The Kier molecular flexibility index (Phi) is 6.01. The maximum atomic E-state index is 12.7. The van der Waals surface area contributed by atoms with Gasteiger partial charge in [-0.1, -0.05) is 18.5 Å². The van der Waals surface area contributed by atoms with Crippen molar-refractivity contribution in [2.75, 3.05) is 6.61 Å². The third-order valence-corrected chi connectivity index (χ3v) is 6.52. The van der Waals surface area contributed by atoms with Gasteiger partial charge in [-0.3, -0.25) is 4.79 Å². The Morgan fingerprint density at radius 3 is 2.23 bits per heavy atom. The van der Waals surface area contributed by atoms with Crippen LogP contribution in [-0.2, 0) is 14.6 Å². The number of rotatable bonds is 6. The fourth-order valence-electron chi connectivity index (χ4n) is 1.71. The molecule has 1 aromatic rings. The summed E-state index contributed by atoms with van der Waals surface area (Å²) in [5.41, 5.74) is 0. The van der Waals surface area contributed by atoms with E-state index < -0.39 is 20.5 Å². The molecule has 0 heterocycles. The molecule has 7 heteroatoms. The van der Waals surface area contributed by atoms with Gasteiger partial charge in [-0.05, 0) is 51.0 Å². The number of aliphatic hydroxyl groups excluding tert-OH is 1. The number of nitrogens with one attached hydrogen (secondary N) is 1. The van der Waals surface area contributed by atoms with E-state index in [-0.39, 0.29) is 23.5 Å². The summed E-state index contributed by atoms with van der Waals surface area (Å²) in [4.78, 5) is 12.4. The van der Waals surface area contributed by atoms with Crippen LogP contribution in [0.3, 0.4) is 0 Å². The lowest BCUT2D eigenvalue weighted by Crippen LogP contribution is -2.52. The van der Waals surface area contributed by atoms with Gasteiger partial charge in [0, 0.05) is 17.7 Å². The van der Waals surface area contributed by atoms with Gasteiger partial charge in [0.1, 0.15) is 4.75 Å². The van der Waals surface area contributed by atoms with E-state index in [0.29, 0.717) is 5.02 Å². The number of hydrogen-bond acceptors (Lipinski definition) is 4. The molecule has 1 rings (SSSR count). The van der Waals surface area contributed by atoms with Crippen LogP contribution in [0.5, 0.6) is 0 Å². The Morgan fingerprint density at radius 2 is 1.77 bits per heavy atom. The molecule has 0 fully saturated rings. The van der Waals surface area contributed by atoms with E-state index >= 15 is 0 Å². The molecule has 124 valence electrons. The topological polar surface area (TPSA) is 83.5 Å². The van der Waals surface area contributed by atoms with E-state index in [4.69, 9.17) is 16.7 Å². The van der Waals surface area contributed by atoms with Gasteiger partial charge in [0.2, 0.25) is 5.91 Å². The lowest BCUT2D eigenvalue weighted by atomic mass is 10.0. The summed E-state index contributed by atoms with van der Waals surface area (Å²) in [6, 6.07) is 5.37. The van der Waals surface area contributed by atoms with Crippen LogP contribution in [0.4, 0.5) is 0 Å². The van der Waals surface area contributed by atoms with Crippen LogP contribution in [0.25, 0.3) is 0 Å². The molecule has 0 aliphatic heterocycles. The van der Waals surface area contributed by atoms with E-state index in [2.05, 4.69) is 5.32 Å². The second-order valence-electron chi connectivity index (χ2n) is 5.89. The highest BCUT2D eigenvalue weighted by Gasteiger charge is 2.43. The Balaban J connectivity index is 3.06. The molecule has 5 nitrogen and oxygen atoms in total. The smallest absolute Gasteiger partial charge is 0.241 e. The summed E-state index contributed by atoms with van der Waals surface area (Å²) in [6.07, 6.45) is 0. The van der Waals surface area contributed by atoms with Gasteiger partial charge >= 0.3 is 0 Å². The Labute approximate surface area is 136 Å². The van der Waals surface area contributed by atoms with E-state index in [1.54, 1.807) is 13.8 Å². The van der Waals surface area contributed by atoms with Gasteiger partial charge in [0.05, 0.1) is 4.90 Å². The molecule has 1 amide bonds. The van der Waals surface area contributed by atoms with Crippen molar-refractivity contribution in [3.63, 3.8) is 0 Å². The zero-order chi connectivity index (χ0) is 17.1. The van der Waals surface area contributed by atoms with E-state index in [1.165, 1.54) is 38.1 Å². The quantitative estimate of drug-likeness (QED) is 0.824. The molecule has 0 aliphatic carbocycles. The molecule has 1 aromatic carbocycles. The fourth-order valence-corrected chi connectivity index (χ4v) is 3.22. The normalized spacial score (nSPS) is 15.2. The minimum absolute atomic E-state index is 0.0416. The number of aliphatic hydroxyl groups is 1. The monoisotopic (exact) mass is 347 g/mol. The molecule has 0 saturated carbocycles. The maximum Gasteiger partial charge on any atom is 0.241 e. The molecular formula is C15H22ClNO4S. The molecule has 0 unspecified atom stereocenters. The van der Waals surface area contributed by atoms with Gasteiger partial charge in [-0.15, -0.1) is 0 Å². The molecule has 22 heavy (non-hydrogen) atoms. The number of hydrogen-bond donors (Lipinski definition) is 2. The standard InChI is InChI=1S/C15H22ClNO4S/c1-10(9-18)11(2)17-14(19)15(3,4)22(20,21)13-7-5-12(16)6-8-13/h5-8,10-11,18H,9H2,1-4H3,(H,17,19)/t10-,11-/m1/s1. The predicted octanol–water partition coefficient (Wildman–Crippen LogP) is 2.03. The van der Waals surface area contributed by atoms with Crippen LogP contribution in [-0.4, -0.2) is 36.8 Å². The lowest BCUT2D eigenvalue weighted by molar-refractivity contribution is -0.123. The fraction of sp³-hybridized carbons (Fsp3) is 0.533. The first-order valence-corrected chi connectivity index (χ1v) is 8.82. The summed E-state index contributed by atoms with van der Waals surface area (Å²) < 4.78 is 23.7. The van der Waals surface area contributed by atoms with Crippen molar-refractivity contribution in [3.8, 4) is 0 Å². The van der Waals surface area contributed by atoms with Crippen molar-refractivity contribution in [1.29, 1.82) is 0 Å². The molecule has 2 atom stereocenters. The van der Waals surface area contributed by atoms with E-state index in [0.717, 1.165) is 0 Å². The average molecular weight is 348 g/mol. The number of carbonyl (C=O) groups is 1. The Bertz CT molecular complexity index is 625. The predicted molar refractivity (Wildman–Crippen MR) is 86.6 cm³/mol. The van der Waals surface area contributed by atoms with Crippen molar-refractivity contribution in [1.82, 2.24) is 5.32 Å². The molecule has 0 bridgehead atoms. The minimum Gasteiger partial charge on any atom is -0.396 e. The molecule has 0 aromatic heterocycles. The van der Waals surface area contributed by atoms with Gasteiger partial charge in [-0.25, -0.2) is 8.42 Å². The van der Waals surface area contributed by atoms with Gasteiger partial charge in [0.15, 0.2) is 9.84 Å². The van der Waals surface area contributed by atoms with Crippen LogP contribution in [0.1, 0.15) is 27.7 Å². The summed E-state index contributed by atoms with van der Waals surface area (Å²) in [5.74, 6) is -0.770. The first-order chi connectivity index (χ1) is 10.0. The second kappa shape index (κ2) is 6.98. The van der Waals surface area contributed by atoms with Crippen molar-refractivity contribution < 1.29 is 18.3 Å². The number of sulfone groups is 1. The van der Waals surface area contributed by atoms with Crippen LogP contribution in [0.2, 0.25) is 5.02 Å². The average Bonchev–Trinajstić information content (AvgIpc) is 2.46. The van der Waals surface area contributed by atoms with Crippen LogP contribution in [0, 0.1) is 5.92 Å². The summed E-state index contributed by atoms with van der Waals surface area (Å²) in [7, 11) is -3.87. The highest BCUT2D eigenvalue weighted by atomic mass is 35.5. The van der Waals surface area contributed by atoms with Crippen LogP contribution in [0.15, 0.2) is 29.2 Å². The maximum absolute atomic E-state index is 12.7. The largest absolute Gasteiger partial charge is 0.396 e. The zero-order valence-electron chi connectivity index (χ0n) is 13.1. The summed E-state index contributed by atoms with van der Waals surface area (Å²) in [5, 5.41) is 12.2. The van der Waals surface area contributed by atoms with E-state index in [9.17, 15) is 13.2 Å². The number of halogens is 1. The molecule has 0 aliphatic rings. The Hall–Kier alpha value is -1.11. The van der Waals surface area contributed by atoms with Gasteiger partial charge in [-0.2, -0.15) is 0 Å². The Morgan fingerprint density at radius 1 is 1.27 bits per heavy atom. The van der Waals surface area contributed by atoms with Crippen molar-refractivity contribution in [2.24, 2.45) is 5.92 Å². The summed E-state index contributed by atoms with van der Waals surface area (Å²) in [6.45, 7) is 6.13. The third kappa shape index (κ3) is 3.80. The zero-order valence-corrected chi connectivity index (χ0v) is 14.7. The van der Waals surface area contributed by atoms with Gasteiger partial charge < -0.3 is 10.4 Å². The first kappa shape index (κ1) is 18.9. The number of carbonyl (C=O) groups excluding carboxylic acids is 1. The molecule has 2 N–H and O–H groups in total. The number of benzene rings is 1. The summed E-state index contributed by atoms with van der Waals surface area (Å²) >= 11 is 5.76.